The van der Waals surface area contributed by atoms with Crippen LogP contribution in [0.25, 0.3) is 0 Å². The summed E-state index contributed by atoms with van der Waals surface area (Å²) in [6.07, 6.45) is 3.14. The molecule has 1 aromatic carbocycles. The zero-order valence-corrected chi connectivity index (χ0v) is 15.0. The first-order valence-corrected chi connectivity index (χ1v) is 9.54. The Bertz CT molecular complexity index is 821. The van der Waals surface area contributed by atoms with Gasteiger partial charge in [-0.15, -0.1) is 0 Å². The van der Waals surface area contributed by atoms with Crippen LogP contribution in [0.1, 0.15) is 29.6 Å². The van der Waals surface area contributed by atoms with Crippen molar-refractivity contribution in [3.8, 4) is 0 Å². The molecule has 0 bridgehead atoms. The van der Waals surface area contributed by atoms with Crippen molar-refractivity contribution in [2.75, 3.05) is 13.1 Å². The molecule has 2 unspecified atom stereocenters. The van der Waals surface area contributed by atoms with Gasteiger partial charge in [0.1, 0.15) is 17.8 Å². The van der Waals surface area contributed by atoms with Crippen LogP contribution >= 0.6 is 0 Å². The summed E-state index contributed by atoms with van der Waals surface area (Å²) in [6.45, 7) is 1.000. The van der Waals surface area contributed by atoms with Gasteiger partial charge in [0.15, 0.2) is 11.9 Å². The van der Waals surface area contributed by atoms with E-state index >= 15 is 0 Å². The number of carbonyl (C=O) groups excluding carboxylic acids is 1. The summed E-state index contributed by atoms with van der Waals surface area (Å²) >= 11 is 0. The average Bonchev–Trinajstić information content (AvgIpc) is 3.12. The van der Waals surface area contributed by atoms with Crippen LogP contribution in [0.2, 0.25) is 0 Å². The van der Waals surface area contributed by atoms with Crippen molar-refractivity contribution in [2.45, 2.75) is 37.1 Å². The lowest BCUT2D eigenvalue weighted by atomic mass is 9.67. The fraction of sp³-hybridized carbons (Fsp3) is 0.526. The highest BCUT2D eigenvalue weighted by atomic mass is 16.5. The quantitative estimate of drug-likeness (QED) is 0.659. The normalized spacial score (nSPS) is 34.7. The van der Waals surface area contributed by atoms with Gasteiger partial charge in [-0.2, -0.15) is 0 Å². The van der Waals surface area contributed by atoms with E-state index in [4.69, 9.17) is 16.2 Å². The summed E-state index contributed by atoms with van der Waals surface area (Å²) in [4.78, 5) is 23.8. The third-order valence-electron chi connectivity index (χ3n) is 6.48. The number of aliphatic imine (C=N–C) groups is 2. The van der Waals surface area contributed by atoms with Crippen molar-refractivity contribution in [3.05, 3.63) is 35.9 Å². The molecule has 142 valence electrons. The Kier molecular flexibility index (Phi) is 3.57. The van der Waals surface area contributed by atoms with Gasteiger partial charge in [-0.1, -0.05) is 24.6 Å². The van der Waals surface area contributed by atoms with Crippen molar-refractivity contribution in [1.29, 1.82) is 0 Å². The van der Waals surface area contributed by atoms with E-state index < -0.39 is 5.66 Å². The number of benzene rings is 1. The molecular formula is C19H24N6O2. The molecule has 1 spiro atoms. The highest BCUT2D eigenvalue weighted by Gasteiger charge is 2.66. The molecule has 1 aliphatic carbocycles. The van der Waals surface area contributed by atoms with E-state index in [0.717, 1.165) is 12.8 Å². The van der Waals surface area contributed by atoms with Crippen molar-refractivity contribution in [1.82, 2.24) is 10.2 Å². The predicted molar refractivity (Wildman–Crippen MR) is 101 cm³/mol. The van der Waals surface area contributed by atoms with Crippen LogP contribution in [0.15, 0.2) is 40.3 Å². The molecule has 3 aliphatic heterocycles. The molecule has 1 saturated heterocycles. The molecule has 1 saturated carbocycles. The molecule has 2 fully saturated rings. The first-order chi connectivity index (χ1) is 13.1. The molecule has 5 N–H and O–H groups in total. The first-order valence-electron chi connectivity index (χ1n) is 9.54. The van der Waals surface area contributed by atoms with Crippen molar-refractivity contribution in [2.24, 2.45) is 33.3 Å². The molecule has 0 aromatic heterocycles. The Morgan fingerprint density at radius 2 is 2.04 bits per heavy atom. The van der Waals surface area contributed by atoms with Crippen LogP contribution in [0.3, 0.4) is 0 Å². The topological polar surface area (TPSA) is 118 Å². The van der Waals surface area contributed by atoms with Crippen LogP contribution < -0.4 is 16.8 Å². The maximum absolute atomic E-state index is 12.7. The third kappa shape index (κ3) is 2.32. The summed E-state index contributed by atoms with van der Waals surface area (Å²) < 4.78 is 6.02. The SMILES string of the molecule is NC1=NC2CN=C(N)N3C[C@H](OC(=O)c4ccccc4)C(C4CCC4)[C@]23N1. The Hall–Kier alpha value is -2.77. The monoisotopic (exact) mass is 368 g/mol. The highest BCUT2D eigenvalue weighted by Crippen LogP contribution is 2.51. The molecule has 3 heterocycles. The number of hydrogen-bond acceptors (Lipinski definition) is 8. The summed E-state index contributed by atoms with van der Waals surface area (Å²) in [5.41, 5.74) is 12.3. The number of nitrogens with one attached hydrogen (secondary N) is 1. The lowest BCUT2D eigenvalue weighted by molar-refractivity contribution is -0.0143. The molecular weight excluding hydrogens is 344 g/mol. The minimum Gasteiger partial charge on any atom is -0.456 e. The van der Waals surface area contributed by atoms with E-state index in [9.17, 15) is 4.79 Å². The number of nitrogens with two attached hydrogens (primary N) is 2. The molecule has 0 amide bonds. The molecule has 4 aliphatic rings. The van der Waals surface area contributed by atoms with Gasteiger partial charge in [0, 0.05) is 5.92 Å². The minimum atomic E-state index is -0.539. The van der Waals surface area contributed by atoms with E-state index in [1.165, 1.54) is 6.42 Å². The van der Waals surface area contributed by atoms with E-state index in [2.05, 4.69) is 15.3 Å². The van der Waals surface area contributed by atoms with Gasteiger partial charge in [-0.3, -0.25) is 4.99 Å². The molecule has 8 nitrogen and oxygen atoms in total. The van der Waals surface area contributed by atoms with Gasteiger partial charge in [0.2, 0.25) is 0 Å². The smallest absolute Gasteiger partial charge is 0.338 e. The lowest BCUT2D eigenvalue weighted by Gasteiger charge is -2.49. The number of esters is 1. The number of rotatable bonds is 3. The predicted octanol–water partition coefficient (Wildman–Crippen LogP) is 0.255. The number of hydrogen-bond donors (Lipinski definition) is 3. The Balaban J connectivity index is 1.49. The molecule has 0 radical (unpaired) electrons. The first kappa shape index (κ1) is 16.4. The number of guanidine groups is 2. The van der Waals surface area contributed by atoms with Gasteiger partial charge in [0.05, 0.1) is 18.7 Å². The van der Waals surface area contributed by atoms with Crippen molar-refractivity contribution < 1.29 is 9.53 Å². The maximum Gasteiger partial charge on any atom is 0.338 e. The van der Waals surface area contributed by atoms with Crippen LogP contribution in [-0.2, 0) is 4.74 Å². The second kappa shape index (κ2) is 5.87. The number of nitrogens with zero attached hydrogens (tertiary/aromatic N) is 3. The van der Waals surface area contributed by atoms with Crippen molar-refractivity contribution in [3.63, 3.8) is 0 Å². The molecule has 1 aromatic rings. The van der Waals surface area contributed by atoms with Gasteiger partial charge >= 0.3 is 5.97 Å². The fourth-order valence-electron chi connectivity index (χ4n) is 5.13. The average molecular weight is 368 g/mol. The Labute approximate surface area is 157 Å². The van der Waals surface area contributed by atoms with E-state index in [-0.39, 0.29) is 24.0 Å². The third-order valence-corrected chi connectivity index (χ3v) is 6.48. The zero-order valence-electron chi connectivity index (χ0n) is 15.0. The van der Waals surface area contributed by atoms with E-state index in [1.54, 1.807) is 12.1 Å². The second-order valence-corrected chi connectivity index (χ2v) is 7.82. The summed E-state index contributed by atoms with van der Waals surface area (Å²) in [5, 5.41) is 3.41. The molecule has 27 heavy (non-hydrogen) atoms. The van der Waals surface area contributed by atoms with E-state index in [1.807, 2.05) is 23.1 Å². The number of ether oxygens (including phenoxy) is 1. The van der Waals surface area contributed by atoms with Gasteiger partial charge in [-0.05, 0) is 30.9 Å². The fourth-order valence-corrected chi connectivity index (χ4v) is 5.13. The van der Waals surface area contributed by atoms with Gasteiger partial charge < -0.3 is 26.4 Å². The van der Waals surface area contributed by atoms with Gasteiger partial charge in [0.25, 0.3) is 0 Å². The van der Waals surface area contributed by atoms with Crippen molar-refractivity contribution >= 4 is 17.9 Å². The second-order valence-electron chi connectivity index (χ2n) is 7.82. The molecule has 4 atom stereocenters. The largest absolute Gasteiger partial charge is 0.456 e. The maximum atomic E-state index is 12.7. The van der Waals surface area contributed by atoms with Crippen LogP contribution in [-0.4, -0.2) is 53.7 Å². The highest BCUT2D eigenvalue weighted by molar-refractivity contribution is 5.90. The Morgan fingerprint density at radius 1 is 1.26 bits per heavy atom. The minimum absolute atomic E-state index is 0.0720. The summed E-state index contributed by atoms with van der Waals surface area (Å²) in [5.74, 6) is 1.09. The Morgan fingerprint density at radius 3 is 2.74 bits per heavy atom. The molecule has 5 rings (SSSR count). The standard InChI is InChI=1S/C19H24N6O2/c20-17-23-14-9-22-18(21)25-10-13(27-16(26)12-5-2-1-3-6-12)15(11-7-4-8-11)19(14,25)24-17/h1-3,5-6,11,13-15H,4,7-10H2,(H2,21,22)(H3,20,23,24)/t13-,14?,15?,19-/m0/s1. The summed E-state index contributed by atoms with van der Waals surface area (Å²) in [7, 11) is 0. The zero-order chi connectivity index (χ0) is 18.6. The lowest BCUT2D eigenvalue weighted by Crippen LogP contribution is -2.70. The van der Waals surface area contributed by atoms with Gasteiger partial charge in [-0.25, -0.2) is 9.79 Å². The van der Waals surface area contributed by atoms with Crippen LogP contribution in [0, 0.1) is 11.8 Å². The summed E-state index contributed by atoms with van der Waals surface area (Å²) in [6, 6.07) is 8.99. The van der Waals surface area contributed by atoms with Crippen LogP contribution in [0.5, 0.6) is 0 Å². The van der Waals surface area contributed by atoms with Crippen LogP contribution in [0.4, 0.5) is 0 Å². The number of carbonyl (C=O) groups is 1. The molecule has 8 heteroatoms. The van der Waals surface area contributed by atoms with E-state index in [0.29, 0.717) is 36.5 Å².